The molecular weight excluding hydrogens is 426 g/mol. The number of nitrogens with one attached hydrogen (secondary N) is 1. The lowest BCUT2D eigenvalue weighted by Gasteiger charge is -2.20. The molecule has 0 bridgehead atoms. The van der Waals surface area contributed by atoms with Crippen molar-refractivity contribution in [2.24, 2.45) is 0 Å². The molecule has 1 saturated heterocycles. The van der Waals surface area contributed by atoms with Crippen LogP contribution in [0.4, 0.5) is 0 Å². The lowest BCUT2D eigenvalue weighted by atomic mass is 10.0. The molecule has 0 radical (unpaired) electrons. The Kier molecular flexibility index (Phi) is 6.79. The molecule has 0 spiro atoms. The van der Waals surface area contributed by atoms with Gasteiger partial charge >= 0.3 is 0 Å². The van der Waals surface area contributed by atoms with Crippen molar-refractivity contribution in [1.29, 1.82) is 0 Å². The van der Waals surface area contributed by atoms with E-state index >= 15 is 0 Å². The first-order chi connectivity index (χ1) is 16.6. The van der Waals surface area contributed by atoms with Gasteiger partial charge < -0.3 is 19.7 Å². The molecule has 0 aromatic heterocycles. The first kappa shape index (κ1) is 22.4. The summed E-state index contributed by atoms with van der Waals surface area (Å²) >= 11 is 0. The number of hydrogen-bond acceptors (Lipinski definition) is 5. The van der Waals surface area contributed by atoms with Gasteiger partial charge in [-0.25, -0.2) is 0 Å². The number of ether oxygens (including phenoxy) is 2. The van der Waals surface area contributed by atoms with E-state index in [0.717, 1.165) is 37.3 Å². The van der Waals surface area contributed by atoms with Crippen molar-refractivity contribution in [3.05, 3.63) is 83.4 Å². The Morgan fingerprint density at radius 1 is 0.853 bits per heavy atom. The van der Waals surface area contributed by atoms with Crippen molar-refractivity contribution >= 4 is 5.91 Å². The molecule has 34 heavy (non-hydrogen) atoms. The molecule has 6 nitrogen and oxygen atoms in total. The van der Waals surface area contributed by atoms with Gasteiger partial charge in [-0.3, -0.25) is 9.69 Å². The van der Waals surface area contributed by atoms with Crippen LogP contribution in [-0.2, 0) is 13.1 Å². The Labute approximate surface area is 201 Å². The quantitative estimate of drug-likeness (QED) is 0.603. The van der Waals surface area contributed by atoms with E-state index in [4.69, 9.17) is 9.47 Å². The molecule has 176 valence electrons. The zero-order chi connectivity index (χ0) is 23.3. The summed E-state index contributed by atoms with van der Waals surface area (Å²) in [4.78, 5) is 17.6. The van der Waals surface area contributed by atoms with Gasteiger partial charge in [0.1, 0.15) is 0 Å². The van der Waals surface area contributed by atoms with E-state index in [0.29, 0.717) is 23.6 Å². The van der Waals surface area contributed by atoms with Crippen molar-refractivity contribution in [2.45, 2.75) is 19.5 Å². The van der Waals surface area contributed by atoms with Crippen LogP contribution in [0.3, 0.4) is 0 Å². The molecule has 5 rings (SSSR count). The van der Waals surface area contributed by atoms with E-state index < -0.39 is 0 Å². The van der Waals surface area contributed by atoms with Gasteiger partial charge in [0.25, 0.3) is 5.91 Å². The molecule has 1 amide bonds. The third-order valence-corrected chi connectivity index (χ3v) is 6.49. The largest absolute Gasteiger partial charge is 0.454 e. The van der Waals surface area contributed by atoms with E-state index in [9.17, 15) is 4.79 Å². The maximum atomic E-state index is 12.6. The second-order valence-corrected chi connectivity index (χ2v) is 9.08. The minimum Gasteiger partial charge on any atom is -0.454 e. The summed E-state index contributed by atoms with van der Waals surface area (Å²) in [6.45, 7) is 6.19. The molecule has 0 saturated carbocycles. The fourth-order valence-corrected chi connectivity index (χ4v) is 4.55. The smallest absolute Gasteiger partial charge is 0.251 e. The standard InChI is InChI=1S/C28H31N3O3/c1-30-11-4-12-31(14-13-30)19-22-6-3-8-24(16-22)23-7-2-5-21(15-23)18-29-28(32)25-9-10-26-27(17-25)34-20-33-26/h2-3,5-10,15-17H,4,11-14,18-20H2,1H3,(H,29,32). The van der Waals surface area contributed by atoms with E-state index in [1.807, 2.05) is 6.07 Å². The summed E-state index contributed by atoms with van der Waals surface area (Å²) < 4.78 is 10.7. The molecule has 3 aromatic rings. The van der Waals surface area contributed by atoms with Crippen LogP contribution in [0.2, 0.25) is 0 Å². The normalized spacial score (nSPS) is 16.3. The average molecular weight is 458 g/mol. The number of hydrogen-bond donors (Lipinski definition) is 1. The topological polar surface area (TPSA) is 54.0 Å². The number of likely N-dealkylation sites (N-methyl/N-ethyl adjacent to an activating group) is 1. The number of amides is 1. The summed E-state index contributed by atoms with van der Waals surface area (Å²) in [5.74, 6) is 1.16. The van der Waals surface area contributed by atoms with Crippen LogP contribution in [0.5, 0.6) is 11.5 Å². The third kappa shape index (κ3) is 5.41. The van der Waals surface area contributed by atoms with E-state index in [2.05, 4.69) is 64.6 Å². The predicted octanol–water partition coefficient (Wildman–Crippen LogP) is 4.15. The fraction of sp³-hybridized carbons (Fsp3) is 0.321. The van der Waals surface area contributed by atoms with Crippen molar-refractivity contribution in [1.82, 2.24) is 15.1 Å². The molecule has 1 N–H and O–H groups in total. The number of fused-ring (bicyclic) bond motifs is 1. The maximum Gasteiger partial charge on any atom is 0.251 e. The number of benzene rings is 3. The van der Waals surface area contributed by atoms with Gasteiger partial charge in [0.2, 0.25) is 6.79 Å². The minimum atomic E-state index is -0.131. The SMILES string of the molecule is CN1CCCN(Cc2cccc(-c3cccc(CNC(=O)c4ccc5c(c4)OCO5)c3)c2)CC1. The van der Waals surface area contributed by atoms with Gasteiger partial charge in [0, 0.05) is 31.7 Å². The second kappa shape index (κ2) is 10.3. The highest BCUT2D eigenvalue weighted by molar-refractivity contribution is 5.94. The molecule has 3 aromatic carbocycles. The van der Waals surface area contributed by atoms with Gasteiger partial charge in [-0.2, -0.15) is 0 Å². The number of carbonyl (C=O) groups excluding carboxylic acids is 1. The average Bonchev–Trinajstić information content (AvgIpc) is 3.25. The Hall–Kier alpha value is -3.35. The molecule has 2 heterocycles. The van der Waals surface area contributed by atoms with E-state index in [1.165, 1.54) is 24.1 Å². The summed E-state index contributed by atoms with van der Waals surface area (Å²) in [5.41, 5.74) is 5.32. The summed E-state index contributed by atoms with van der Waals surface area (Å²) in [7, 11) is 2.20. The second-order valence-electron chi connectivity index (χ2n) is 9.08. The van der Waals surface area contributed by atoms with Crippen molar-refractivity contribution in [3.63, 3.8) is 0 Å². The van der Waals surface area contributed by atoms with Crippen molar-refractivity contribution in [3.8, 4) is 22.6 Å². The Morgan fingerprint density at radius 2 is 1.62 bits per heavy atom. The van der Waals surface area contributed by atoms with Crippen LogP contribution in [-0.4, -0.2) is 55.7 Å². The first-order valence-corrected chi connectivity index (χ1v) is 11.9. The number of carbonyl (C=O) groups is 1. The monoisotopic (exact) mass is 457 g/mol. The fourth-order valence-electron chi connectivity index (χ4n) is 4.55. The molecule has 2 aliphatic heterocycles. The molecule has 6 heteroatoms. The van der Waals surface area contributed by atoms with Crippen LogP contribution >= 0.6 is 0 Å². The summed E-state index contributed by atoms with van der Waals surface area (Å²) in [6.07, 6.45) is 1.22. The lowest BCUT2D eigenvalue weighted by Crippen LogP contribution is -2.28. The highest BCUT2D eigenvalue weighted by Crippen LogP contribution is 2.32. The highest BCUT2D eigenvalue weighted by Gasteiger charge is 2.16. The molecule has 0 aliphatic carbocycles. The van der Waals surface area contributed by atoms with Crippen LogP contribution in [0.1, 0.15) is 27.9 Å². The third-order valence-electron chi connectivity index (χ3n) is 6.49. The van der Waals surface area contributed by atoms with E-state index in [1.54, 1.807) is 18.2 Å². The molecule has 0 atom stereocenters. The minimum absolute atomic E-state index is 0.131. The van der Waals surface area contributed by atoms with Gasteiger partial charge in [0.05, 0.1) is 0 Å². The number of rotatable bonds is 6. The first-order valence-electron chi connectivity index (χ1n) is 11.9. The zero-order valence-corrected chi connectivity index (χ0v) is 19.6. The van der Waals surface area contributed by atoms with Gasteiger partial charge in [0.15, 0.2) is 11.5 Å². The van der Waals surface area contributed by atoms with Gasteiger partial charge in [-0.15, -0.1) is 0 Å². The Bertz CT molecular complexity index is 1160. The van der Waals surface area contributed by atoms with Gasteiger partial charge in [-0.1, -0.05) is 36.4 Å². The Balaban J connectivity index is 1.23. The van der Waals surface area contributed by atoms with Crippen LogP contribution in [0.25, 0.3) is 11.1 Å². The molecule has 0 unspecified atom stereocenters. The predicted molar refractivity (Wildman–Crippen MR) is 133 cm³/mol. The Morgan fingerprint density at radius 3 is 2.47 bits per heavy atom. The van der Waals surface area contributed by atoms with Crippen molar-refractivity contribution < 1.29 is 14.3 Å². The maximum absolute atomic E-state index is 12.6. The van der Waals surface area contributed by atoms with Gasteiger partial charge in [-0.05, 0) is 79.1 Å². The van der Waals surface area contributed by atoms with Crippen molar-refractivity contribution in [2.75, 3.05) is 40.0 Å². The summed E-state index contributed by atoms with van der Waals surface area (Å²) in [6, 6.07) is 22.4. The zero-order valence-electron chi connectivity index (χ0n) is 19.6. The van der Waals surface area contributed by atoms with Crippen LogP contribution in [0.15, 0.2) is 66.7 Å². The highest BCUT2D eigenvalue weighted by atomic mass is 16.7. The number of nitrogens with zero attached hydrogens (tertiary/aromatic N) is 2. The van der Waals surface area contributed by atoms with Crippen LogP contribution < -0.4 is 14.8 Å². The summed E-state index contributed by atoms with van der Waals surface area (Å²) in [5, 5.41) is 3.01. The van der Waals surface area contributed by atoms with Crippen LogP contribution in [0, 0.1) is 0 Å². The molecule has 2 aliphatic rings. The lowest BCUT2D eigenvalue weighted by molar-refractivity contribution is 0.0950. The molecular formula is C28H31N3O3. The van der Waals surface area contributed by atoms with E-state index in [-0.39, 0.29) is 12.7 Å². The molecule has 1 fully saturated rings.